The van der Waals surface area contributed by atoms with Crippen LogP contribution in [0.3, 0.4) is 0 Å². The Morgan fingerprint density at radius 2 is 1.61 bits per heavy atom. The van der Waals surface area contributed by atoms with Crippen molar-refractivity contribution in [3.63, 3.8) is 0 Å². The molecule has 3 rings (SSSR count). The predicted octanol–water partition coefficient (Wildman–Crippen LogP) is 4.77. The van der Waals surface area contributed by atoms with E-state index in [4.69, 9.17) is 4.98 Å². The van der Waals surface area contributed by atoms with Crippen LogP contribution < -0.4 is 0 Å². The lowest BCUT2D eigenvalue weighted by Crippen LogP contribution is -2.09. The van der Waals surface area contributed by atoms with E-state index in [9.17, 15) is 0 Å². The normalized spacial score (nSPS) is 12.7. The van der Waals surface area contributed by atoms with E-state index in [1.165, 1.54) is 19.4 Å². The molecule has 18 heavy (non-hydrogen) atoms. The molecule has 0 aliphatic rings. The van der Waals surface area contributed by atoms with Crippen LogP contribution in [0, 0.1) is 0 Å². The third-order valence-electron chi connectivity index (χ3n) is 2.89. The molecule has 0 atom stereocenters. The van der Waals surface area contributed by atoms with Crippen LogP contribution in [0.1, 0.15) is 37.7 Å². The number of aromatic nitrogens is 2. The van der Waals surface area contributed by atoms with Crippen LogP contribution >= 0.6 is 22.7 Å². The van der Waals surface area contributed by atoms with Gasteiger partial charge in [-0.3, -0.25) is 0 Å². The molecule has 4 heteroatoms. The van der Waals surface area contributed by atoms with Gasteiger partial charge in [-0.05, 0) is 18.6 Å². The fraction of sp³-hybridized carbons (Fsp3) is 0.429. The number of nitrogens with zero attached hydrogens (tertiary/aromatic N) is 2. The predicted molar refractivity (Wildman–Crippen MR) is 80.9 cm³/mol. The topological polar surface area (TPSA) is 25.8 Å². The lowest BCUT2D eigenvalue weighted by Gasteiger charge is -2.13. The summed E-state index contributed by atoms with van der Waals surface area (Å²) in [6.07, 6.45) is 1.01. The minimum atomic E-state index is 0.124. The van der Waals surface area contributed by atoms with Crippen molar-refractivity contribution in [2.24, 2.45) is 0 Å². The molecule has 0 N–H and O–H groups in total. The van der Waals surface area contributed by atoms with Gasteiger partial charge in [-0.15, -0.1) is 22.7 Å². The highest BCUT2D eigenvalue weighted by molar-refractivity contribution is 7.20. The maximum absolute atomic E-state index is 4.77. The average Bonchev–Trinajstić information content (AvgIpc) is 2.86. The van der Waals surface area contributed by atoms with Crippen LogP contribution in [-0.2, 0) is 11.8 Å². The van der Waals surface area contributed by atoms with E-state index in [0.29, 0.717) is 0 Å². The molecule has 0 spiro atoms. The molecule has 0 bridgehead atoms. The molecule has 0 unspecified atom stereocenters. The maximum Gasteiger partial charge on any atom is 0.0992 e. The summed E-state index contributed by atoms with van der Waals surface area (Å²) in [7, 11) is 0. The standard InChI is InChI=1S/C14H16N2S2/c1-5-12-15-8-6-11-9(7-10(8)17-12)16-13(18-11)14(2,3)4/h6-7H,5H2,1-4H3. The lowest BCUT2D eigenvalue weighted by atomic mass is 9.98. The summed E-state index contributed by atoms with van der Waals surface area (Å²) in [5.41, 5.74) is 2.36. The van der Waals surface area contributed by atoms with Crippen molar-refractivity contribution >= 4 is 43.1 Å². The number of thiazole rings is 2. The first-order chi connectivity index (χ1) is 8.47. The van der Waals surface area contributed by atoms with E-state index >= 15 is 0 Å². The largest absolute Gasteiger partial charge is 0.241 e. The number of hydrogen-bond donors (Lipinski definition) is 0. The SMILES string of the molecule is CCc1nc2cc3sc(C(C)(C)C)nc3cc2s1. The van der Waals surface area contributed by atoms with Crippen molar-refractivity contribution in [3.8, 4) is 0 Å². The Morgan fingerprint density at radius 3 is 2.22 bits per heavy atom. The molecule has 1 aromatic carbocycles. The van der Waals surface area contributed by atoms with Gasteiger partial charge in [0, 0.05) is 5.41 Å². The molecule has 0 radical (unpaired) electrons. The van der Waals surface area contributed by atoms with Crippen LogP contribution in [-0.4, -0.2) is 9.97 Å². The molecule has 2 nitrogen and oxygen atoms in total. The molecule has 2 heterocycles. The second-order valence-electron chi connectivity index (χ2n) is 5.52. The minimum absolute atomic E-state index is 0.124. The average molecular weight is 276 g/mol. The molecule has 0 aliphatic carbocycles. The van der Waals surface area contributed by atoms with E-state index < -0.39 is 0 Å². The second kappa shape index (κ2) is 4.00. The third-order valence-corrected chi connectivity index (χ3v) is 5.49. The molecule has 3 aromatic rings. The van der Waals surface area contributed by atoms with Gasteiger partial charge in [-0.2, -0.15) is 0 Å². The summed E-state index contributed by atoms with van der Waals surface area (Å²) >= 11 is 3.57. The van der Waals surface area contributed by atoms with Gasteiger partial charge in [0.15, 0.2) is 0 Å². The van der Waals surface area contributed by atoms with Gasteiger partial charge < -0.3 is 0 Å². The first kappa shape index (κ1) is 12.1. The summed E-state index contributed by atoms with van der Waals surface area (Å²) in [6, 6.07) is 4.38. The van der Waals surface area contributed by atoms with Crippen molar-refractivity contribution in [2.45, 2.75) is 39.5 Å². The Kier molecular flexibility index (Phi) is 2.68. The highest BCUT2D eigenvalue weighted by Crippen LogP contribution is 2.34. The van der Waals surface area contributed by atoms with Crippen molar-refractivity contribution in [3.05, 3.63) is 22.1 Å². The summed E-state index contributed by atoms with van der Waals surface area (Å²) in [5, 5.41) is 2.41. The molecule has 0 aliphatic heterocycles. The monoisotopic (exact) mass is 276 g/mol. The Morgan fingerprint density at radius 1 is 1.00 bits per heavy atom. The molecule has 0 amide bonds. The Bertz CT molecular complexity index is 665. The van der Waals surface area contributed by atoms with E-state index in [-0.39, 0.29) is 5.41 Å². The Labute approximate surface area is 115 Å². The number of aryl methyl sites for hydroxylation is 1. The van der Waals surface area contributed by atoms with Gasteiger partial charge in [0.1, 0.15) is 0 Å². The first-order valence-corrected chi connectivity index (χ1v) is 7.81. The summed E-state index contributed by atoms with van der Waals surface area (Å²) in [4.78, 5) is 9.42. The van der Waals surface area contributed by atoms with Crippen LogP contribution in [0.2, 0.25) is 0 Å². The third kappa shape index (κ3) is 1.93. The molecule has 0 saturated carbocycles. The smallest absolute Gasteiger partial charge is 0.0992 e. The van der Waals surface area contributed by atoms with Gasteiger partial charge in [-0.25, -0.2) is 9.97 Å². The lowest BCUT2D eigenvalue weighted by molar-refractivity contribution is 0.587. The van der Waals surface area contributed by atoms with E-state index in [2.05, 4.69) is 44.8 Å². The number of fused-ring (bicyclic) bond motifs is 2. The fourth-order valence-corrected chi connectivity index (χ4v) is 3.83. The molecular formula is C14H16N2S2. The molecule has 2 aromatic heterocycles. The first-order valence-electron chi connectivity index (χ1n) is 6.18. The van der Waals surface area contributed by atoms with Crippen LogP contribution in [0.25, 0.3) is 20.4 Å². The highest BCUT2D eigenvalue weighted by Gasteiger charge is 2.19. The van der Waals surface area contributed by atoms with Crippen LogP contribution in [0.4, 0.5) is 0 Å². The van der Waals surface area contributed by atoms with Gasteiger partial charge in [-0.1, -0.05) is 27.7 Å². The molecule has 0 saturated heterocycles. The zero-order valence-corrected chi connectivity index (χ0v) is 12.7. The zero-order chi connectivity index (χ0) is 12.9. The highest BCUT2D eigenvalue weighted by atomic mass is 32.1. The van der Waals surface area contributed by atoms with E-state index in [0.717, 1.165) is 17.5 Å². The minimum Gasteiger partial charge on any atom is -0.241 e. The zero-order valence-electron chi connectivity index (χ0n) is 11.1. The van der Waals surface area contributed by atoms with Crippen molar-refractivity contribution in [2.75, 3.05) is 0 Å². The van der Waals surface area contributed by atoms with Crippen molar-refractivity contribution < 1.29 is 0 Å². The van der Waals surface area contributed by atoms with Gasteiger partial charge >= 0.3 is 0 Å². The number of hydrogen-bond acceptors (Lipinski definition) is 4. The van der Waals surface area contributed by atoms with E-state index in [1.807, 2.05) is 0 Å². The van der Waals surface area contributed by atoms with Crippen molar-refractivity contribution in [1.29, 1.82) is 0 Å². The fourth-order valence-electron chi connectivity index (χ4n) is 1.87. The van der Waals surface area contributed by atoms with Gasteiger partial charge in [0.05, 0.1) is 30.4 Å². The molecule has 0 fully saturated rings. The summed E-state index contributed by atoms with van der Waals surface area (Å²) < 4.78 is 2.51. The molecular weight excluding hydrogens is 260 g/mol. The van der Waals surface area contributed by atoms with Crippen LogP contribution in [0.15, 0.2) is 12.1 Å². The molecule has 94 valence electrons. The summed E-state index contributed by atoms with van der Waals surface area (Å²) in [5.74, 6) is 0. The van der Waals surface area contributed by atoms with E-state index in [1.54, 1.807) is 22.7 Å². The van der Waals surface area contributed by atoms with Crippen LogP contribution in [0.5, 0.6) is 0 Å². The quantitative estimate of drug-likeness (QED) is 0.640. The second-order valence-corrected chi connectivity index (χ2v) is 7.66. The maximum atomic E-state index is 4.77. The number of rotatable bonds is 1. The Balaban J connectivity index is 2.23. The van der Waals surface area contributed by atoms with Gasteiger partial charge in [0.25, 0.3) is 0 Å². The Hall–Kier alpha value is -1.00. The summed E-state index contributed by atoms with van der Waals surface area (Å²) in [6.45, 7) is 8.78. The van der Waals surface area contributed by atoms with Crippen molar-refractivity contribution in [1.82, 2.24) is 9.97 Å². The van der Waals surface area contributed by atoms with Gasteiger partial charge in [0.2, 0.25) is 0 Å². The number of benzene rings is 1.